The van der Waals surface area contributed by atoms with Crippen molar-refractivity contribution in [3.8, 4) is 0 Å². The molecule has 2 heterocycles. The average molecular weight is 386 g/mol. The van der Waals surface area contributed by atoms with Crippen LogP contribution in [0.1, 0.15) is 53.4 Å². The molecular formula is C15H17F3N6O3. The number of methoxy groups -OCH3 is 1. The Morgan fingerprint density at radius 3 is 2.74 bits per heavy atom. The standard InChI is InChI=1S/C15H17F3N6O3/c1-3-8(12(25)20-14-19-11(21-22-14)13(26)27-2)24-9-6-4-5-7(9)10(23-24)15(16,17)18/h8H,3-6H2,1-2H3,(H2,19,20,21,22,25)/t8-/m1/s1. The molecule has 146 valence electrons. The van der Waals surface area contributed by atoms with Gasteiger partial charge < -0.3 is 4.74 Å². The van der Waals surface area contributed by atoms with Crippen molar-refractivity contribution in [1.82, 2.24) is 25.0 Å². The second-order valence-electron chi connectivity index (χ2n) is 5.98. The number of hydrogen-bond acceptors (Lipinski definition) is 6. The van der Waals surface area contributed by atoms with Crippen LogP contribution in [-0.4, -0.2) is 43.9 Å². The normalized spacial score (nSPS) is 14.7. The molecule has 1 amide bonds. The first-order chi connectivity index (χ1) is 12.8. The van der Waals surface area contributed by atoms with Gasteiger partial charge >= 0.3 is 12.1 Å². The highest BCUT2D eigenvalue weighted by molar-refractivity contribution is 5.93. The highest BCUT2D eigenvalue weighted by Crippen LogP contribution is 2.37. The molecule has 0 bridgehead atoms. The molecule has 2 N–H and O–H groups in total. The van der Waals surface area contributed by atoms with Gasteiger partial charge in [-0.1, -0.05) is 6.92 Å². The first-order valence-electron chi connectivity index (χ1n) is 8.25. The maximum absolute atomic E-state index is 13.2. The number of fused-ring (bicyclic) bond motifs is 1. The van der Waals surface area contributed by atoms with Crippen LogP contribution >= 0.6 is 0 Å². The number of aromatic amines is 1. The maximum atomic E-state index is 13.2. The lowest BCUT2D eigenvalue weighted by Gasteiger charge is -2.16. The summed E-state index contributed by atoms with van der Waals surface area (Å²) in [5, 5.41) is 12.1. The zero-order valence-electron chi connectivity index (χ0n) is 14.6. The van der Waals surface area contributed by atoms with E-state index in [-0.39, 0.29) is 30.2 Å². The fourth-order valence-corrected chi connectivity index (χ4v) is 3.12. The Hall–Kier alpha value is -2.92. The number of ether oxygens (including phenoxy) is 1. The van der Waals surface area contributed by atoms with E-state index in [9.17, 15) is 22.8 Å². The SMILES string of the molecule is CC[C@H](C(=O)Nc1n[nH]c(C(=O)OC)n1)n1nc(C(F)(F)F)c2c1CCC2. The number of halogens is 3. The van der Waals surface area contributed by atoms with E-state index in [1.165, 1.54) is 0 Å². The summed E-state index contributed by atoms with van der Waals surface area (Å²) in [6.45, 7) is 1.67. The third-order valence-electron chi connectivity index (χ3n) is 4.31. The summed E-state index contributed by atoms with van der Waals surface area (Å²) in [5.74, 6) is -1.78. The van der Waals surface area contributed by atoms with E-state index in [0.717, 1.165) is 11.8 Å². The number of nitrogens with zero attached hydrogens (tertiary/aromatic N) is 4. The summed E-state index contributed by atoms with van der Waals surface area (Å²) in [7, 11) is 1.16. The van der Waals surface area contributed by atoms with E-state index in [1.807, 2.05) is 0 Å². The van der Waals surface area contributed by atoms with Gasteiger partial charge in [0.05, 0.1) is 7.11 Å². The Labute approximate surface area is 151 Å². The lowest BCUT2D eigenvalue weighted by molar-refractivity contribution is -0.142. The predicted molar refractivity (Wildman–Crippen MR) is 84.9 cm³/mol. The molecular weight excluding hydrogens is 369 g/mol. The van der Waals surface area contributed by atoms with Crippen LogP contribution in [0.5, 0.6) is 0 Å². The molecule has 0 saturated heterocycles. The van der Waals surface area contributed by atoms with E-state index in [0.29, 0.717) is 18.5 Å². The Bertz CT molecular complexity index is 873. The molecule has 1 atom stereocenters. The van der Waals surface area contributed by atoms with Crippen LogP contribution in [0, 0.1) is 0 Å². The van der Waals surface area contributed by atoms with Crippen molar-refractivity contribution in [2.75, 3.05) is 12.4 Å². The van der Waals surface area contributed by atoms with E-state index in [1.54, 1.807) is 6.92 Å². The Morgan fingerprint density at radius 1 is 1.37 bits per heavy atom. The van der Waals surface area contributed by atoms with E-state index < -0.39 is 29.8 Å². The van der Waals surface area contributed by atoms with Crippen LogP contribution in [0.3, 0.4) is 0 Å². The summed E-state index contributed by atoms with van der Waals surface area (Å²) in [6, 6.07) is -0.965. The lowest BCUT2D eigenvalue weighted by atomic mass is 10.2. The van der Waals surface area contributed by atoms with Gasteiger partial charge in [-0.2, -0.15) is 23.3 Å². The number of esters is 1. The van der Waals surface area contributed by atoms with Crippen molar-refractivity contribution in [3.63, 3.8) is 0 Å². The Morgan fingerprint density at radius 2 is 2.11 bits per heavy atom. The summed E-state index contributed by atoms with van der Waals surface area (Å²) in [5.41, 5.74) is -0.360. The van der Waals surface area contributed by atoms with E-state index in [2.05, 4.69) is 30.3 Å². The van der Waals surface area contributed by atoms with E-state index >= 15 is 0 Å². The van der Waals surface area contributed by atoms with Crippen molar-refractivity contribution in [3.05, 3.63) is 22.8 Å². The largest absolute Gasteiger partial charge is 0.463 e. The van der Waals surface area contributed by atoms with Crippen LogP contribution < -0.4 is 5.32 Å². The first kappa shape index (κ1) is 18.9. The summed E-state index contributed by atoms with van der Waals surface area (Å²) in [6.07, 6.45) is -3.07. The zero-order chi connectivity index (χ0) is 19.8. The van der Waals surface area contributed by atoms with Gasteiger partial charge in [-0.25, -0.2) is 4.79 Å². The molecule has 0 unspecified atom stereocenters. The number of alkyl halides is 3. The van der Waals surface area contributed by atoms with Gasteiger partial charge in [-0.15, -0.1) is 5.10 Å². The molecule has 0 fully saturated rings. The third kappa shape index (κ3) is 3.51. The number of H-pyrrole nitrogens is 1. The molecule has 1 aliphatic carbocycles. The van der Waals surface area contributed by atoms with Gasteiger partial charge in [0.15, 0.2) is 5.69 Å². The average Bonchev–Trinajstić information content (AvgIpc) is 3.31. The molecule has 0 aromatic carbocycles. The quantitative estimate of drug-likeness (QED) is 0.759. The molecule has 9 nitrogen and oxygen atoms in total. The number of hydrogen-bond donors (Lipinski definition) is 2. The zero-order valence-corrected chi connectivity index (χ0v) is 14.6. The molecule has 0 saturated carbocycles. The van der Waals surface area contributed by atoms with Gasteiger partial charge in [0.2, 0.25) is 11.8 Å². The number of amides is 1. The number of rotatable bonds is 5. The monoisotopic (exact) mass is 386 g/mol. The van der Waals surface area contributed by atoms with Crippen LogP contribution in [0.25, 0.3) is 0 Å². The van der Waals surface area contributed by atoms with Crippen molar-refractivity contribution in [2.45, 2.75) is 44.8 Å². The molecule has 2 aromatic rings. The van der Waals surface area contributed by atoms with E-state index in [4.69, 9.17) is 0 Å². The molecule has 0 aliphatic heterocycles. The van der Waals surface area contributed by atoms with Crippen molar-refractivity contribution < 1.29 is 27.5 Å². The predicted octanol–water partition coefficient (Wildman–Crippen LogP) is 1.89. The topological polar surface area (TPSA) is 115 Å². The minimum atomic E-state index is -4.58. The Kier molecular flexibility index (Phi) is 4.89. The molecule has 27 heavy (non-hydrogen) atoms. The van der Waals surface area contributed by atoms with Crippen molar-refractivity contribution in [2.24, 2.45) is 0 Å². The minimum Gasteiger partial charge on any atom is -0.463 e. The molecule has 0 spiro atoms. The van der Waals surface area contributed by atoms with Crippen molar-refractivity contribution in [1.29, 1.82) is 0 Å². The second-order valence-corrected chi connectivity index (χ2v) is 5.98. The van der Waals surface area contributed by atoms with Crippen LogP contribution in [0.2, 0.25) is 0 Å². The number of aromatic nitrogens is 5. The Balaban J connectivity index is 1.86. The van der Waals surface area contributed by atoms with Crippen LogP contribution in [-0.2, 0) is 28.5 Å². The lowest BCUT2D eigenvalue weighted by Crippen LogP contribution is -2.28. The number of carbonyl (C=O) groups excluding carboxylic acids is 2. The highest BCUT2D eigenvalue weighted by Gasteiger charge is 2.41. The first-order valence-corrected chi connectivity index (χ1v) is 8.25. The number of anilines is 1. The molecule has 3 rings (SSSR count). The van der Waals surface area contributed by atoms with Gasteiger partial charge in [-0.3, -0.25) is 19.9 Å². The fraction of sp³-hybridized carbons (Fsp3) is 0.533. The van der Waals surface area contributed by atoms with Gasteiger partial charge in [-0.05, 0) is 25.7 Å². The molecule has 1 aliphatic rings. The van der Waals surface area contributed by atoms with Gasteiger partial charge in [0.25, 0.3) is 5.91 Å². The molecule has 2 aromatic heterocycles. The smallest absolute Gasteiger partial charge is 0.435 e. The van der Waals surface area contributed by atoms with Crippen molar-refractivity contribution >= 4 is 17.8 Å². The van der Waals surface area contributed by atoms with Gasteiger partial charge in [0.1, 0.15) is 6.04 Å². The fourth-order valence-electron chi connectivity index (χ4n) is 3.12. The number of carbonyl (C=O) groups is 2. The third-order valence-corrected chi connectivity index (χ3v) is 4.31. The maximum Gasteiger partial charge on any atom is 0.435 e. The molecule has 12 heteroatoms. The summed E-state index contributed by atoms with van der Waals surface area (Å²) >= 11 is 0. The second kappa shape index (κ2) is 7.00. The van der Waals surface area contributed by atoms with Gasteiger partial charge in [0, 0.05) is 11.3 Å². The summed E-state index contributed by atoms with van der Waals surface area (Å²) in [4.78, 5) is 27.7. The summed E-state index contributed by atoms with van der Waals surface area (Å²) < 4.78 is 45.3. The van der Waals surface area contributed by atoms with Crippen LogP contribution in [0.15, 0.2) is 0 Å². The number of nitrogens with one attached hydrogen (secondary N) is 2. The molecule has 0 radical (unpaired) electrons. The van der Waals surface area contributed by atoms with Crippen LogP contribution in [0.4, 0.5) is 19.1 Å². The minimum absolute atomic E-state index is 0.152. The highest BCUT2D eigenvalue weighted by atomic mass is 19.4.